The molecule has 0 saturated heterocycles. The average Bonchev–Trinajstić information content (AvgIpc) is 3.03. The number of allylic oxidation sites excluding steroid dienone is 7. The van der Waals surface area contributed by atoms with E-state index in [-0.39, 0.29) is 4.91 Å². The molecule has 0 bridgehead atoms. The topological polar surface area (TPSA) is 93.0 Å². The van der Waals surface area contributed by atoms with Crippen LogP contribution in [0.15, 0.2) is 82.2 Å². The average molecular weight is 637 g/mol. The van der Waals surface area contributed by atoms with Crippen LogP contribution in [0.25, 0.3) is 5.57 Å². The van der Waals surface area contributed by atoms with Gasteiger partial charge in [-0.1, -0.05) is 76.1 Å². The first kappa shape index (κ1) is 41.5. The number of aromatic nitrogens is 1. The van der Waals surface area contributed by atoms with E-state index in [1.165, 1.54) is 57.0 Å². The summed E-state index contributed by atoms with van der Waals surface area (Å²) in [5.74, 6) is 4.38. The van der Waals surface area contributed by atoms with Crippen LogP contribution in [0, 0.1) is 24.2 Å². The van der Waals surface area contributed by atoms with Crippen LogP contribution in [0.1, 0.15) is 90.3 Å². The van der Waals surface area contributed by atoms with Crippen LogP contribution in [-0.4, -0.2) is 46.3 Å². The third-order valence-corrected chi connectivity index (χ3v) is 8.43. The van der Waals surface area contributed by atoms with E-state index in [0.29, 0.717) is 12.0 Å². The molecule has 1 aliphatic carbocycles. The Kier molecular flexibility index (Phi) is 23.7. The van der Waals surface area contributed by atoms with Crippen molar-refractivity contribution in [2.45, 2.75) is 85.5 Å². The lowest BCUT2D eigenvalue weighted by Crippen LogP contribution is -2.13. The van der Waals surface area contributed by atoms with E-state index in [9.17, 15) is 8.42 Å². The van der Waals surface area contributed by atoms with Gasteiger partial charge in [0, 0.05) is 68.2 Å². The molecule has 7 nitrogen and oxygen atoms in total. The van der Waals surface area contributed by atoms with Gasteiger partial charge in [0.15, 0.2) is 9.84 Å². The molecule has 248 valence electrons. The summed E-state index contributed by atoms with van der Waals surface area (Å²) in [6, 6.07) is 3.85. The largest absolute Gasteiger partial charge is 0.385 e. The van der Waals surface area contributed by atoms with Crippen molar-refractivity contribution in [3.05, 3.63) is 83.3 Å². The number of nitrogens with zero attached hydrogens (tertiary/aromatic N) is 3. The van der Waals surface area contributed by atoms with Gasteiger partial charge >= 0.3 is 0 Å². The second-order valence-electron chi connectivity index (χ2n) is 11.0. The predicted octanol–water partition coefficient (Wildman–Crippen LogP) is 8.49. The van der Waals surface area contributed by atoms with E-state index >= 15 is 0 Å². The van der Waals surface area contributed by atoms with Crippen LogP contribution >= 0.6 is 0 Å². The number of terminal acetylenes is 1. The second kappa shape index (κ2) is 25.8. The minimum absolute atomic E-state index is 0.188. The molecule has 0 unspecified atom stereocenters. The van der Waals surface area contributed by atoms with Crippen molar-refractivity contribution in [1.82, 2.24) is 10.4 Å². The fraction of sp³-hybridized carbons (Fsp3) is 0.486. The molecule has 0 amide bonds. The Hall–Kier alpha value is -3.54. The quantitative estimate of drug-likeness (QED) is 0.0902. The summed E-state index contributed by atoms with van der Waals surface area (Å²) in [5, 5.41) is 4.00. The maximum absolute atomic E-state index is 11.4. The molecular formula is C37H56N4O3S. The van der Waals surface area contributed by atoms with Gasteiger partial charge in [0.05, 0.1) is 11.1 Å². The minimum atomic E-state index is -3.23. The summed E-state index contributed by atoms with van der Waals surface area (Å²) in [5.41, 5.74) is 6.52. The van der Waals surface area contributed by atoms with Gasteiger partial charge in [-0.25, -0.2) is 8.42 Å². The monoisotopic (exact) mass is 636 g/mol. The molecule has 45 heavy (non-hydrogen) atoms. The van der Waals surface area contributed by atoms with Gasteiger partial charge < -0.3 is 4.74 Å². The maximum atomic E-state index is 11.4. The molecule has 0 radical (unpaired) electrons. The molecule has 0 aliphatic heterocycles. The molecule has 1 aliphatic rings. The van der Waals surface area contributed by atoms with Crippen LogP contribution in [0.2, 0.25) is 0 Å². The third-order valence-electron chi connectivity index (χ3n) is 7.14. The normalized spacial score (nSPS) is 17.3. The molecule has 1 aromatic heterocycles. The Labute approximate surface area is 274 Å². The molecule has 0 aromatic carbocycles. The zero-order valence-electron chi connectivity index (χ0n) is 28.5. The zero-order chi connectivity index (χ0) is 33.9. The van der Waals surface area contributed by atoms with E-state index in [4.69, 9.17) is 11.2 Å². The Morgan fingerprint density at radius 1 is 1.18 bits per heavy atom. The number of sulfone groups is 1. The molecule has 1 saturated carbocycles. The van der Waals surface area contributed by atoms with E-state index < -0.39 is 9.84 Å². The van der Waals surface area contributed by atoms with E-state index in [0.717, 1.165) is 55.2 Å². The van der Waals surface area contributed by atoms with Crippen molar-refractivity contribution in [2.24, 2.45) is 21.9 Å². The highest BCUT2D eigenvalue weighted by atomic mass is 32.2. The summed E-state index contributed by atoms with van der Waals surface area (Å²) >= 11 is 0. The van der Waals surface area contributed by atoms with Crippen molar-refractivity contribution >= 4 is 28.3 Å². The summed E-state index contributed by atoms with van der Waals surface area (Å²) in [6.07, 6.45) is 30.7. The molecule has 2 rings (SSSR count). The van der Waals surface area contributed by atoms with Gasteiger partial charge in [-0.3, -0.25) is 15.4 Å². The predicted molar refractivity (Wildman–Crippen MR) is 195 cm³/mol. The number of nitrogens with one attached hydrogen (secondary N) is 1. The van der Waals surface area contributed by atoms with E-state index in [2.05, 4.69) is 72.6 Å². The van der Waals surface area contributed by atoms with Crippen molar-refractivity contribution in [2.75, 3.05) is 20.0 Å². The number of methoxy groups -OCH3 is 1. The number of rotatable bonds is 15. The van der Waals surface area contributed by atoms with E-state index in [1.54, 1.807) is 19.5 Å². The lowest BCUT2D eigenvalue weighted by atomic mass is 9.79. The number of hydrogen-bond acceptors (Lipinski definition) is 7. The molecule has 1 heterocycles. The van der Waals surface area contributed by atoms with Crippen LogP contribution in [0.4, 0.5) is 0 Å². The first-order valence-electron chi connectivity index (χ1n) is 15.7. The molecule has 0 spiro atoms. The highest BCUT2D eigenvalue weighted by molar-refractivity contribution is 7.94. The van der Waals surface area contributed by atoms with Crippen LogP contribution in [0.3, 0.4) is 0 Å². The zero-order valence-corrected chi connectivity index (χ0v) is 29.3. The molecular weight excluding hydrogens is 580 g/mol. The number of pyridine rings is 1. The molecule has 1 aromatic rings. The first-order chi connectivity index (χ1) is 21.5. The molecule has 0 atom stereocenters. The Balaban J connectivity index is 0.000000984. The third kappa shape index (κ3) is 20.9. The van der Waals surface area contributed by atoms with Gasteiger partial charge in [-0.05, 0) is 63.6 Å². The van der Waals surface area contributed by atoms with Gasteiger partial charge in [0.25, 0.3) is 0 Å². The second-order valence-corrected chi connectivity index (χ2v) is 13.2. The van der Waals surface area contributed by atoms with Crippen molar-refractivity contribution in [3.63, 3.8) is 0 Å². The van der Waals surface area contributed by atoms with Crippen LogP contribution < -0.4 is 5.43 Å². The maximum Gasteiger partial charge on any atom is 0.172 e. The number of ether oxygens (including phenoxy) is 1. The first-order valence-corrected chi connectivity index (χ1v) is 17.6. The lowest BCUT2D eigenvalue weighted by Gasteiger charge is -2.27. The summed E-state index contributed by atoms with van der Waals surface area (Å²) in [6.45, 7) is 16.6. The molecule has 1 fully saturated rings. The Bertz CT molecular complexity index is 1270. The summed E-state index contributed by atoms with van der Waals surface area (Å²) in [4.78, 5) is 8.41. The van der Waals surface area contributed by atoms with Gasteiger partial charge in [-0.15, -0.1) is 12.3 Å². The fourth-order valence-electron chi connectivity index (χ4n) is 4.13. The van der Waals surface area contributed by atoms with Crippen molar-refractivity contribution in [3.8, 4) is 12.3 Å². The Morgan fingerprint density at radius 3 is 2.38 bits per heavy atom. The summed E-state index contributed by atoms with van der Waals surface area (Å²) < 4.78 is 27.4. The summed E-state index contributed by atoms with van der Waals surface area (Å²) in [7, 11) is -1.52. The van der Waals surface area contributed by atoms with Gasteiger partial charge in [0.1, 0.15) is 0 Å². The van der Waals surface area contributed by atoms with E-state index in [1.807, 2.05) is 24.3 Å². The van der Waals surface area contributed by atoms with Crippen LogP contribution in [0.5, 0.6) is 0 Å². The van der Waals surface area contributed by atoms with Crippen LogP contribution in [-0.2, 0) is 21.0 Å². The fourth-order valence-corrected chi connectivity index (χ4v) is 4.39. The number of hydrazone groups is 1. The highest BCUT2D eigenvalue weighted by Gasteiger charge is 2.19. The molecule has 8 heteroatoms. The minimum Gasteiger partial charge on any atom is -0.385 e. The smallest absolute Gasteiger partial charge is 0.172 e. The van der Waals surface area contributed by atoms with Gasteiger partial charge in [-0.2, -0.15) is 5.10 Å². The highest BCUT2D eigenvalue weighted by Crippen LogP contribution is 2.33. The Morgan fingerprint density at radius 2 is 1.87 bits per heavy atom. The van der Waals surface area contributed by atoms with Gasteiger partial charge in [0.2, 0.25) is 0 Å². The van der Waals surface area contributed by atoms with Crippen molar-refractivity contribution < 1.29 is 13.2 Å². The van der Waals surface area contributed by atoms with Crippen molar-refractivity contribution in [1.29, 1.82) is 0 Å². The lowest BCUT2D eigenvalue weighted by molar-refractivity contribution is 0.199. The number of aliphatic imine (C=N–C) groups is 1. The standard InChI is InChI=1S/C22H26N4O2S.C11H20.C4H10O/c1-5-6-7-8-9-10-11-12-22-14-13-20(17-24-22)21(16-23-3)18-26-25-15-19(2)29(4,27)28;1-4-10(3)11-7-5-9(2)6-8-11;1-3-4-5-2/h1,7-8,10-11,13-18,25H,3,6,9,12H2,2,4H3;9,11H,3-8H2,1-2H3;3-4H2,1-2H3/b8-7-,11-10-,19-15+,21-16-,26-18-;;. The molecule has 1 N–H and O–H groups in total. The number of hydrogen-bond donors (Lipinski definition) is 1. The SMILES string of the molecule is C#CC/C=C\C/C=C\Cc1ccc(C(/C=N\N/C=C(\C)S(C)(=O)=O)=C\N=C)cn1.C=C(CC)C1CCC(C)CC1.CCCOC.